The highest BCUT2D eigenvalue weighted by Crippen LogP contribution is 2.02. The van der Waals surface area contributed by atoms with Gasteiger partial charge in [0.1, 0.15) is 6.04 Å². The maximum atomic E-state index is 11.7. The predicted octanol–water partition coefficient (Wildman–Crippen LogP) is 0.218. The van der Waals surface area contributed by atoms with E-state index < -0.39 is 23.9 Å². The van der Waals surface area contributed by atoms with Crippen LogP contribution in [0.2, 0.25) is 0 Å². The number of rotatable bonds is 6. The summed E-state index contributed by atoms with van der Waals surface area (Å²) in [6, 6.07) is 1.94. The Kier molecular flexibility index (Phi) is 5.46. The zero-order valence-electron chi connectivity index (χ0n) is 10.3. The van der Waals surface area contributed by atoms with Gasteiger partial charge in [-0.05, 0) is 18.6 Å². The van der Waals surface area contributed by atoms with E-state index in [4.69, 9.17) is 5.11 Å². The second-order valence-corrected chi connectivity index (χ2v) is 3.72. The molecule has 19 heavy (non-hydrogen) atoms. The molecule has 7 heteroatoms. The number of ether oxygens (including phenoxy) is 1. The van der Waals surface area contributed by atoms with E-state index in [1.54, 1.807) is 6.07 Å². The van der Waals surface area contributed by atoms with Crippen molar-refractivity contribution in [1.82, 2.24) is 10.3 Å². The Morgan fingerprint density at radius 1 is 1.47 bits per heavy atom. The van der Waals surface area contributed by atoms with Gasteiger partial charge < -0.3 is 15.2 Å². The Hall–Kier alpha value is -2.44. The molecule has 1 aromatic heterocycles. The van der Waals surface area contributed by atoms with Gasteiger partial charge in [0, 0.05) is 18.8 Å². The van der Waals surface area contributed by atoms with E-state index in [0.717, 1.165) is 0 Å². The molecule has 1 heterocycles. The van der Waals surface area contributed by atoms with Gasteiger partial charge >= 0.3 is 11.9 Å². The number of esters is 1. The summed E-state index contributed by atoms with van der Waals surface area (Å²) in [4.78, 5) is 37.4. The average Bonchev–Trinajstić information content (AvgIpc) is 2.43. The maximum Gasteiger partial charge on any atom is 0.326 e. The fraction of sp³-hybridized carbons (Fsp3) is 0.333. The molecule has 102 valence electrons. The molecule has 1 amide bonds. The predicted molar refractivity (Wildman–Crippen MR) is 64.4 cm³/mol. The van der Waals surface area contributed by atoms with Crippen LogP contribution in [-0.4, -0.2) is 41.1 Å². The van der Waals surface area contributed by atoms with Gasteiger partial charge in [-0.2, -0.15) is 0 Å². The van der Waals surface area contributed by atoms with Crippen molar-refractivity contribution in [3.63, 3.8) is 0 Å². The molecular weight excluding hydrogens is 252 g/mol. The van der Waals surface area contributed by atoms with Crippen LogP contribution in [0, 0.1) is 0 Å². The molecule has 1 rings (SSSR count). The van der Waals surface area contributed by atoms with Crippen LogP contribution in [0.5, 0.6) is 0 Å². The molecule has 0 fully saturated rings. The fourth-order valence-corrected chi connectivity index (χ4v) is 1.36. The first kappa shape index (κ1) is 14.6. The number of hydrogen-bond acceptors (Lipinski definition) is 5. The third kappa shape index (κ3) is 4.74. The molecule has 0 radical (unpaired) electrons. The number of carboxylic acids is 1. The van der Waals surface area contributed by atoms with E-state index in [1.165, 1.54) is 25.6 Å². The number of amides is 1. The van der Waals surface area contributed by atoms with Crippen LogP contribution in [-0.2, 0) is 14.3 Å². The van der Waals surface area contributed by atoms with Gasteiger partial charge in [0.15, 0.2) is 0 Å². The highest BCUT2D eigenvalue weighted by molar-refractivity contribution is 5.96. The smallest absolute Gasteiger partial charge is 0.326 e. The fourth-order valence-electron chi connectivity index (χ4n) is 1.36. The summed E-state index contributed by atoms with van der Waals surface area (Å²) in [6.45, 7) is 0. The summed E-state index contributed by atoms with van der Waals surface area (Å²) < 4.78 is 4.42. The zero-order chi connectivity index (χ0) is 14.3. The summed E-state index contributed by atoms with van der Waals surface area (Å²) >= 11 is 0. The molecule has 1 aromatic rings. The van der Waals surface area contributed by atoms with E-state index in [-0.39, 0.29) is 18.4 Å². The van der Waals surface area contributed by atoms with E-state index in [1.807, 2.05) is 0 Å². The average molecular weight is 266 g/mol. The minimum Gasteiger partial charge on any atom is -0.480 e. The first-order chi connectivity index (χ1) is 9.04. The van der Waals surface area contributed by atoms with E-state index in [0.29, 0.717) is 0 Å². The van der Waals surface area contributed by atoms with Crippen LogP contribution >= 0.6 is 0 Å². The third-order valence-electron chi connectivity index (χ3n) is 2.39. The minimum atomic E-state index is -1.21. The molecule has 0 saturated carbocycles. The van der Waals surface area contributed by atoms with Crippen LogP contribution in [0.25, 0.3) is 0 Å². The van der Waals surface area contributed by atoms with Gasteiger partial charge in [-0.1, -0.05) is 0 Å². The van der Waals surface area contributed by atoms with Crippen LogP contribution in [0.15, 0.2) is 24.5 Å². The van der Waals surface area contributed by atoms with Crippen LogP contribution in [0.1, 0.15) is 23.2 Å². The van der Waals surface area contributed by atoms with Crippen molar-refractivity contribution in [3.05, 3.63) is 30.1 Å². The lowest BCUT2D eigenvalue weighted by Gasteiger charge is -2.13. The summed E-state index contributed by atoms with van der Waals surface area (Å²) in [5.41, 5.74) is 0.256. The summed E-state index contributed by atoms with van der Waals surface area (Å²) in [7, 11) is 1.21. The molecule has 7 nitrogen and oxygen atoms in total. The largest absolute Gasteiger partial charge is 0.480 e. The van der Waals surface area contributed by atoms with Gasteiger partial charge in [-0.15, -0.1) is 0 Å². The number of aliphatic carboxylic acids is 1. The van der Waals surface area contributed by atoms with E-state index >= 15 is 0 Å². The number of nitrogens with zero attached hydrogens (tertiary/aromatic N) is 1. The molecule has 0 spiro atoms. The van der Waals surface area contributed by atoms with Crippen molar-refractivity contribution in [2.24, 2.45) is 0 Å². The van der Waals surface area contributed by atoms with E-state index in [2.05, 4.69) is 15.0 Å². The Morgan fingerprint density at radius 3 is 2.74 bits per heavy atom. The molecule has 0 aliphatic heterocycles. The molecule has 0 saturated heterocycles. The maximum absolute atomic E-state index is 11.7. The molecular formula is C12H14N2O5. The summed E-state index contributed by atoms with van der Waals surface area (Å²) in [5, 5.41) is 11.3. The van der Waals surface area contributed by atoms with Gasteiger partial charge in [-0.25, -0.2) is 4.79 Å². The first-order valence-corrected chi connectivity index (χ1v) is 5.55. The van der Waals surface area contributed by atoms with Crippen molar-refractivity contribution in [2.45, 2.75) is 18.9 Å². The Morgan fingerprint density at radius 2 is 2.21 bits per heavy atom. The van der Waals surface area contributed by atoms with Crippen molar-refractivity contribution in [1.29, 1.82) is 0 Å². The SMILES string of the molecule is COC(=O)CCC(NC(=O)c1cccnc1)C(=O)O. The second-order valence-electron chi connectivity index (χ2n) is 3.72. The number of nitrogens with one attached hydrogen (secondary N) is 1. The van der Waals surface area contributed by atoms with Crippen molar-refractivity contribution in [3.8, 4) is 0 Å². The molecule has 0 aliphatic rings. The standard InChI is InChI=1S/C12H14N2O5/c1-19-10(15)5-4-9(12(17)18)14-11(16)8-3-2-6-13-7-8/h2-3,6-7,9H,4-5H2,1H3,(H,14,16)(H,17,18). The lowest BCUT2D eigenvalue weighted by atomic mass is 10.1. The molecule has 1 atom stereocenters. The number of methoxy groups -OCH3 is 1. The Labute approximate surface area is 109 Å². The Bertz CT molecular complexity index is 460. The van der Waals surface area contributed by atoms with Gasteiger partial charge in [0.05, 0.1) is 12.7 Å². The minimum absolute atomic E-state index is 0.0337. The van der Waals surface area contributed by atoms with Crippen molar-refractivity contribution < 1.29 is 24.2 Å². The quantitative estimate of drug-likeness (QED) is 0.713. The highest BCUT2D eigenvalue weighted by atomic mass is 16.5. The normalized spacial score (nSPS) is 11.4. The van der Waals surface area contributed by atoms with Crippen LogP contribution in [0.3, 0.4) is 0 Å². The lowest BCUT2D eigenvalue weighted by Crippen LogP contribution is -2.41. The number of aromatic nitrogens is 1. The highest BCUT2D eigenvalue weighted by Gasteiger charge is 2.21. The summed E-state index contributed by atoms with van der Waals surface area (Å²) in [5.74, 6) is -2.28. The monoisotopic (exact) mass is 266 g/mol. The van der Waals surface area contributed by atoms with Crippen molar-refractivity contribution in [2.75, 3.05) is 7.11 Å². The van der Waals surface area contributed by atoms with Crippen LogP contribution < -0.4 is 5.32 Å². The van der Waals surface area contributed by atoms with Gasteiger partial charge in [0.2, 0.25) is 0 Å². The van der Waals surface area contributed by atoms with E-state index in [9.17, 15) is 14.4 Å². The number of carboxylic acid groups (broad SMARTS) is 1. The topological polar surface area (TPSA) is 106 Å². The molecule has 1 unspecified atom stereocenters. The Balaban J connectivity index is 2.61. The number of pyridine rings is 1. The van der Waals surface area contributed by atoms with Gasteiger partial charge in [-0.3, -0.25) is 14.6 Å². The van der Waals surface area contributed by atoms with Crippen LogP contribution in [0.4, 0.5) is 0 Å². The third-order valence-corrected chi connectivity index (χ3v) is 2.39. The number of carbonyl (C=O) groups is 3. The number of carbonyl (C=O) groups excluding carboxylic acids is 2. The molecule has 0 aliphatic carbocycles. The zero-order valence-corrected chi connectivity index (χ0v) is 10.3. The molecule has 0 bridgehead atoms. The summed E-state index contributed by atoms with van der Waals surface area (Å²) in [6.07, 6.45) is 2.71. The molecule has 2 N–H and O–H groups in total. The van der Waals surface area contributed by atoms with Gasteiger partial charge in [0.25, 0.3) is 5.91 Å². The van der Waals surface area contributed by atoms with Crippen molar-refractivity contribution >= 4 is 17.8 Å². The molecule has 0 aromatic carbocycles. The first-order valence-electron chi connectivity index (χ1n) is 5.55. The second kappa shape index (κ2) is 7.10. The lowest BCUT2D eigenvalue weighted by molar-refractivity contribution is -0.142. The number of hydrogen-bond donors (Lipinski definition) is 2.